The number of sulfonamides is 1. The highest BCUT2D eigenvalue weighted by Gasteiger charge is 2.26. The number of rotatable bonds is 10. The standard InChI is InChI=1S/C30H28Cl2N4O6S/c1-19-4-10-24(11-5-19)43(39,40)36(17-21-7-12-25(31)26(32)15-21)18-23-9-8-22(42-23)16-33-35-30(38)29(37)34-27-14-20(2)6-13-28(27)41-3/h4-16H,17-18H2,1-3H3,(H,34,37)(H,35,38)/b33-16+. The second kappa shape index (κ2) is 13.9. The third kappa shape index (κ3) is 8.23. The molecule has 4 rings (SSSR count). The third-order valence-corrected chi connectivity index (χ3v) is 8.73. The molecule has 0 spiro atoms. The molecule has 0 aliphatic carbocycles. The Balaban J connectivity index is 1.46. The Morgan fingerprint density at radius 2 is 1.63 bits per heavy atom. The zero-order chi connectivity index (χ0) is 31.1. The van der Waals surface area contributed by atoms with Gasteiger partial charge in [0.2, 0.25) is 10.0 Å². The summed E-state index contributed by atoms with van der Waals surface area (Å²) in [7, 11) is -2.49. The molecule has 0 aliphatic rings. The Morgan fingerprint density at radius 3 is 2.33 bits per heavy atom. The summed E-state index contributed by atoms with van der Waals surface area (Å²) in [6.45, 7) is 3.58. The van der Waals surface area contributed by atoms with E-state index < -0.39 is 21.8 Å². The van der Waals surface area contributed by atoms with Gasteiger partial charge in [0.25, 0.3) is 0 Å². The number of halogens is 2. The first-order chi connectivity index (χ1) is 20.5. The number of hydrazone groups is 1. The Labute approximate surface area is 259 Å². The molecule has 3 aromatic carbocycles. The van der Waals surface area contributed by atoms with Gasteiger partial charge in [-0.2, -0.15) is 9.41 Å². The molecule has 2 N–H and O–H groups in total. The minimum atomic E-state index is -3.95. The van der Waals surface area contributed by atoms with Crippen molar-refractivity contribution in [3.8, 4) is 5.75 Å². The minimum absolute atomic E-state index is 0.00584. The topological polar surface area (TPSA) is 130 Å². The van der Waals surface area contributed by atoms with Gasteiger partial charge < -0.3 is 14.5 Å². The average molecular weight is 644 g/mol. The molecule has 2 amide bonds. The van der Waals surface area contributed by atoms with E-state index in [1.165, 1.54) is 17.6 Å². The molecule has 0 bridgehead atoms. The molecule has 224 valence electrons. The van der Waals surface area contributed by atoms with E-state index in [4.69, 9.17) is 32.4 Å². The van der Waals surface area contributed by atoms with Crippen molar-refractivity contribution in [2.45, 2.75) is 31.8 Å². The summed E-state index contributed by atoms with van der Waals surface area (Å²) >= 11 is 12.2. The molecule has 0 saturated carbocycles. The number of nitrogens with one attached hydrogen (secondary N) is 2. The summed E-state index contributed by atoms with van der Waals surface area (Å²) in [5, 5.41) is 6.92. The van der Waals surface area contributed by atoms with Crippen molar-refractivity contribution in [3.05, 3.63) is 111 Å². The van der Waals surface area contributed by atoms with Gasteiger partial charge in [-0.05, 0) is 73.5 Å². The van der Waals surface area contributed by atoms with Crippen LogP contribution in [0.1, 0.15) is 28.2 Å². The summed E-state index contributed by atoms with van der Waals surface area (Å²) in [6.07, 6.45) is 1.19. The zero-order valence-electron chi connectivity index (χ0n) is 23.4. The molecular formula is C30H28Cl2N4O6S. The van der Waals surface area contributed by atoms with Gasteiger partial charge in [-0.3, -0.25) is 9.59 Å². The lowest BCUT2D eigenvalue weighted by atomic mass is 10.2. The van der Waals surface area contributed by atoms with E-state index in [9.17, 15) is 18.0 Å². The number of amides is 2. The molecule has 0 saturated heterocycles. The molecule has 0 radical (unpaired) electrons. The van der Waals surface area contributed by atoms with E-state index in [1.54, 1.807) is 72.8 Å². The quantitative estimate of drug-likeness (QED) is 0.130. The molecule has 10 nitrogen and oxygen atoms in total. The van der Waals surface area contributed by atoms with Crippen LogP contribution in [0.4, 0.5) is 5.69 Å². The van der Waals surface area contributed by atoms with Gasteiger partial charge in [-0.1, -0.05) is 53.0 Å². The number of carbonyl (C=O) groups excluding carboxylic acids is 2. The summed E-state index contributed by atoms with van der Waals surface area (Å²) in [4.78, 5) is 24.7. The molecule has 0 aliphatic heterocycles. The van der Waals surface area contributed by atoms with Crippen LogP contribution in [-0.2, 0) is 32.7 Å². The SMILES string of the molecule is COc1ccc(C)cc1NC(=O)C(=O)N/N=C/c1ccc(CN(Cc2ccc(Cl)c(Cl)c2)S(=O)(=O)c2ccc(C)cc2)o1. The highest BCUT2D eigenvalue weighted by Crippen LogP contribution is 2.27. The Hall–Kier alpha value is -4.16. The van der Waals surface area contributed by atoms with Crippen LogP contribution in [0.15, 0.2) is 87.2 Å². The van der Waals surface area contributed by atoms with Crippen LogP contribution < -0.4 is 15.5 Å². The second-order valence-electron chi connectivity index (χ2n) is 9.50. The van der Waals surface area contributed by atoms with Crippen molar-refractivity contribution in [3.63, 3.8) is 0 Å². The number of hydrogen-bond donors (Lipinski definition) is 2. The molecule has 1 aromatic heterocycles. The summed E-state index contributed by atoms with van der Waals surface area (Å²) in [6, 6.07) is 19.7. The average Bonchev–Trinajstić information content (AvgIpc) is 3.42. The molecule has 4 aromatic rings. The molecule has 1 heterocycles. The van der Waals surface area contributed by atoms with Crippen molar-refractivity contribution >= 4 is 56.9 Å². The van der Waals surface area contributed by atoms with Crippen molar-refractivity contribution in [1.82, 2.24) is 9.73 Å². The molecule has 0 atom stereocenters. The summed E-state index contributed by atoms with van der Waals surface area (Å²) in [5.41, 5.74) is 4.89. The molecule has 13 heteroatoms. The first-order valence-electron chi connectivity index (χ1n) is 12.8. The highest BCUT2D eigenvalue weighted by atomic mass is 35.5. The van der Waals surface area contributed by atoms with E-state index in [-0.39, 0.29) is 23.7 Å². The van der Waals surface area contributed by atoms with Gasteiger partial charge in [0.15, 0.2) is 0 Å². The Kier molecular flexibility index (Phi) is 10.3. The van der Waals surface area contributed by atoms with Crippen LogP contribution >= 0.6 is 23.2 Å². The second-order valence-corrected chi connectivity index (χ2v) is 12.2. The molecular weight excluding hydrogens is 615 g/mol. The molecule has 0 unspecified atom stereocenters. The number of ether oxygens (including phenoxy) is 1. The number of methoxy groups -OCH3 is 1. The maximum absolute atomic E-state index is 13.6. The smallest absolute Gasteiger partial charge is 0.329 e. The first kappa shape index (κ1) is 31.8. The van der Waals surface area contributed by atoms with E-state index in [2.05, 4.69) is 15.8 Å². The molecule has 0 fully saturated rings. The predicted octanol–water partition coefficient (Wildman–Crippen LogP) is 5.69. The molecule has 43 heavy (non-hydrogen) atoms. The Bertz CT molecular complexity index is 1770. The van der Waals surface area contributed by atoms with Gasteiger partial charge in [-0.15, -0.1) is 0 Å². The fourth-order valence-corrected chi connectivity index (χ4v) is 5.67. The number of anilines is 1. The maximum Gasteiger partial charge on any atom is 0.329 e. The van der Waals surface area contributed by atoms with Crippen molar-refractivity contribution in [1.29, 1.82) is 0 Å². The van der Waals surface area contributed by atoms with Crippen molar-refractivity contribution in [2.24, 2.45) is 5.10 Å². The number of benzene rings is 3. The van der Waals surface area contributed by atoms with E-state index in [0.717, 1.165) is 11.1 Å². The first-order valence-corrected chi connectivity index (χ1v) is 15.0. The number of furan rings is 1. The normalized spacial score (nSPS) is 11.6. The van der Waals surface area contributed by atoms with Gasteiger partial charge in [0.05, 0.1) is 40.5 Å². The van der Waals surface area contributed by atoms with Crippen LogP contribution in [0.5, 0.6) is 5.75 Å². The fourth-order valence-electron chi connectivity index (χ4n) is 3.95. The van der Waals surface area contributed by atoms with Crippen molar-refractivity contribution in [2.75, 3.05) is 12.4 Å². The van der Waals surface area contributed by atoms with Gasteiger partial charge in [0, 0.05) is 6.54 Å². The van der Waals surface area contributed by atoms with Crippen LogP contribution in [-0.4, -0.2) is 37.9 Å². The largest absolute Gasteiger partial charge is 0.495 e. The predicted molar refractivity (Wildman–Crippen MR) is 165 cm³/mol. The number of aryl methyl sites for hydroxylation is 2. The maximum atomic E-state index is 13.6. The van der Waals surface area contributed by atoms with Gasteiger partial charge >= 0.3 is 11.8 Å². The van der Waals surface area contributed by atoms with Crippen LogP contribution in [0, 0.1) is 13.8 Å². The van der Waals surface area contributed by atoms with Crippen LogP contribution in [0.3, 0.4) is 0 Å². The number of carbonyl (C=O) groups is 2. The van der Waals surface area contributed by atoms with Crippen LogP contribution in [0.25, 0.3) is 0 Å². The highest BCUT2D eigenvalue weighted by molar-refractivity contribution is 7.89. The summed E-state index contributed by atoms with van der Waals surface area (Å²) in [5.74, 6) is -1.02. The monoisotopic (exact) mass is 642 g/mol. The number of hydrogen-bond acceptors (Lipinski definition) is 7. The van der Waals surface area contributed by atoms with Crippen LogP contribution in [0.2, 0.25) is 10.0 Å². The lowest BCUT2D eigenvalue weighted by molar-refractivity contribution is -0.136. The lowest BCUT2D eigenvalue weighted by Gasteiger charge is -2.22. The summed E-state index contributed by atoms with van der Waals surface area (Å²) < 4.78 is 39.4. The van der Waals surface area contributed by atoms with E-state index >= 15 is 0 Å². The van der Waals surface area contributed by atoms with Crippen molar-refractivity contribution < 1.29 is 27.2 Å². The fraction of sp³-hybridized carbons (Fsp3) is 0.167. The van der Waals surface area contributed by atoms with Gasteiger partial charge in [-0.25, -0.2) is 13.8 Å². The van der Waals surface area contributed by atoms with Gasteiger partial charge in [0.1, 0.15) is 17.3 Å². The number of nitrogens with zero attached hydrogens (tertiary/aromatic N) is 2. The zero-order valence-corrected chi connectivity index (χ0v) is 25.8. The minimum Gasteiger partial charge on any atom is -0.495 e. The Morgan fingerprint density at radius 1 is 0.907 bits per heavy atom. The van der Waals surface area contributed by atoms with E-state index in [0.29, 0.717) is 32.8 Å². The lowest BCUT2D eigenvalue weighted by Crippen LogP contribution is -2.32. The van der Waals surface area contributed by atoms with E-state index in [1.807, 2.05) is 13.8 Å². The third-order valence-electron chi connectivity index (χ3n) is 6.18.